The van der Waals surface area contributed by atoms with E-state index in [2.05, 4.69) is 0 Å². The van der Waals surface area contributed by atoms with E-state index >= 15 is 4.39 Å². The average Bonchev–Trinajstić information content (AvgIpc) is 2.83. The Labute approximate surface area is 159 Å². The molecule has 10 heteroatoms. The number of carbonyl (C=O) groups excluding carboxylic acids is 5. The van der Waals surface area contributed by atoms with E-state index in [1.165, 1.54) is 39.0 Å². The number of carbonyl (C=O) groups is 5. The molecule has 3 rings (SSSR count). The lowest BCUT2D eigenvalue weighted by Crippen LogP contribution is -2.64. The number of benzene rings is 1. The molecule has 9 nitrogen and oxygen atoms in total. The lowest BCUT2D eigenvalue weighted by atomic mass is 9.99. The first-order chi connectivity index (χ1) is 12.9. The van der Waals surface area contributed by atoms with Crippen LogP contribution in [0.4, 0.5) is 14.9 Å². The van der Waals surface area contributed by atoms with E-state index in [0.29, 0.717) is 0 Å². The fraction of sp³-hybridized carbons (Fsp3) is 0.389. The van der Waals surface area contributed by atoms with Crippen LogP contribution in [0.15, 0.2) is 18.2 Å². The van der Waals surface area contributed by atoms with Crippen LogP contribution in [0.3, 0.4) is 0 Å². The highest BCUT2D eigenvalue weighted by Gasteiger charge is 2.60. The van der Waals surface area contributed by atoms with Gasteiger partial charge in [0.15, 0.2) is 0 Å². The Bertz CT molecular complexity index is 938. The number of nitrogen functional groups attached to an aromatic ring is 1. The Morgan fingerprint density at radius 3 is 2.39 bits per heavy atom. The van der Waals surface area contributed by atoms with Crippen molar-refractivity contribution in [3.05, 3.63) is 29.3 Å². The summed E-state index contributed by atoms with van der Waals surface area (Å²) >= 11 is 0. The molecule has 1 aromatic carbocycles. The zero-order valence-electron chi connectivity index (χ0n) is 15.4. The summed E-state index contributed by atoms with van der Waals surface area (Å²) in [7, 11) is 0. The topological polar surface area (TPSA) is 127 Å². The van der Waals surface area contributed by atoms with E-state index in [-0.39, 0.29) is 26.6 Å². The van der Waals surface area contributed by atoms with Crippen LogP contribution in [0, 0.1) is 0 Å². The largest absolute Gasteiger partial charge is 0.443 e. The quantitative estimate of drug-likeness (QED) is 0.438. The first-order valence-corrected chi connectivity index (χ1v) is 8.45. The van der Waals surface area contributed by atoms with Crippen molar-refractivity contribution in [2.75, 3.05) is 5.73 Å². The SMILES string of the molecule is CC(C)(C)OC(=O)N1C(=O)CCC(F)(N2C(=O)c3cccc(N)c3C2=O)C1=O. The van der Waals surface area contributed by atoms with Crippen molar-refractivity contribution >= 4 is 35.4 Å². The number of fused-ring (bicyclic) bond motifs is 1. The van der Waals surface area contributed by atoms with Crippen LogP contribution in [-0.4, -0.2) is 50.9 Å². The second-order valence-corrected chi connectivity index (χ2v) is 7.49. The van der Waals surface area contributed by atoms with Gasteiger partial charge in [-0.15, -0.1) is 0 Å². The lowest BCUT2D eigenvalue weighted by molar-refractivity contribution is -0.165. The monoisotopic (exact) mass is 391 g/mol. The van der Waals surface area contributed by atoms with Gasteiger partial charge < -0.3 is 10.5 Å². The zero-order valence-corrected chi connectivity index (χ0v) is 15.4. The minimum absolute atomic E-state index is 0.00164. The fourth-order valence-corrected chi connectivity index (χ4v) is 3.11. The van der Waals surface area contributed by atoms with E-state index in [1.807, 2.05) is 0 Å². The predicted molar refractivity (Wildman–Crippen MR) is 92.5 cm³/mol. The van der Waals surface area contributed by atoms with Crippen LogP contribution < -0.4 is 5.73 Å². The molecule has 0 saturated carbocycles. The van der Waals surface area contributed by atoms with Gasteiger partial charge in [0.2, 0.25) is 5.91 Å². The van der Waals surface area contributed by atoms with Crippen molar-refractivity contribution in [2.24, 2.45) is 0 Å². The Morgan fingerprint density at radius 2 is 1.82 bits per heavy atom. The summed E-state index contributed by atoms with van der Waals surface area (Å²) in [4.78, 5) is 62.5. The van der Waals surface area contributed by atoms with E-state index in [0.717, 1.165) is 0 Å². The highest BCUT2D eigenvalue weighted by molar-refractivity contribution is 6.26. The number of likely N-dealkylation sites (tertiary alicyclic amines) is 1. The summed E-state index contributed by atoms with van der Waals surface area (Å²) in [6.07, 6.45) is -2.72. The van der Waals surface area contributed by atoms with Crippen LogP contribution in [0.5, 0.6) is 0 Å². The van der Waals surface area contributed by atoms with E-state index in [1.54, 1.807) is 0 Å². The first-order valence-electron chi connectivity index (χ1n) is 8.45. The molecule has 2 aliphatic heterocycles. The molecule has 148 valence electrons. The molecule has 1 saturated heterocycles. The molecular weight excluding hydrogens is 373 g/mol. The minimum Gasteiger partial charge on any atom is -0.443 e. The van der Waals surface area contributed by atoms with Gasteiger partial charge >= 0.3 is 6.09 Å². The van der Waals surface area contributed by atoms with Crippen LogP contribution >= 0.6 is 0 Å². The minimum atomic E-state index is -3.22. The number of nitrogens with zero attached hydrogens (tertiary/aromatic N) is 2. The number of alkyl halides is 1. The van der Waals surface area contributed by atoms with Crippen molar-refractivity contribution in [2.45, 2.75) is 45.0 Å². The zero-order chi connectivity index (χ0) is 21.0. The van der Waals surface area contributed by atoms with Gasteiger partial charge in [0.1, 0.15) is 5.60 Å². The summed E-state index contributed by atoms with van der Waals surface area (Å²) in [6.45, 7) is 4.50. The maximum Gasteiger partial charge on any atom is 0.424 e. The number of nitrogens with two attached hydrogens (primary N) is 1. The molecule has 0 radical (unpaired) electrons. The molecule has 0 spiro atoms. The van der Waals surface area contributed by atoms with Gasteiger partial charge in [0.05, 0.1) is 11.1 Å². The summed E-state index contributed by atoms with van der Waals surface area (Å²) in [5.74, 6) is -8.02. The first kappa shape index (κ1) is 19.5. The summed E-state index contributed by atoms with van der Waals surface area (Å²) in [6, 6.07) is 4.05. The normalized spacial score (nSPS) is 22.6. The van der Waals surface area contributed by atoms with Crippen LogP contribution in [0.1, 0.15) is 54.3 Å². The molecule has 1 aromatic rings. The Balaban J connectivity index is 2.00. The molecule has 0 bridgehead atoms. The lowest BCUT2D eigenvalue weighted by Gasteiger charge is -2.38. The van der Waals surface area contributed by atoms with Crippen molar-refractivity contribution in [3.8, 4) is 0 Å². The van der Waals surface area contributed by atoms with Crippen molar-refractivity contribution in [1.29, 1.82) is 0 Å². The summed E-state index contributed by atoms with van der Waals surface area (Å²) in [5, 5.41) is 0. The smallest absolute Gasteiger partial charge is 0.424 e. The number of piperidine rings is 1. The molecule has 2 heterocycles. The molecule has 5 amide bonds. The number of imide groups is 4. The molecular formula is C18H18FN3O6. The average molecular weight is 391 g/mol. The van der Waals surface area contributed by atoms with Gasteiger partial charge in [0.25, 0.3) is 23.5 Å². The van der Waals surface area contributed by atoms with Crippen molar-refractivity contribution in [3.63, 3.8) is 0 Å². The molecule has 0 aliphatic carbocycles. The number of amides is 5. The molecule has 2 aliphatic rings. The predicted octanol–water partition coefficient (Wildman–Crippen LogP) is 1.61. The standard InChI is InChI=1S/C18H18FN3O6/c1-17(2,3)28-16(27)21-11(23)7-8-18(19,15(21)26)22-13(24)9-5-4-6-10(20)12(9)14(22)25/h4-6H,7-8,20H2,1-3H3. The second kappa shape index (κ2) is 6.11. The number of halogens is 1. The van der Waals surface area contributed by atoms with Crippen molar-refractivity contribution < 1.29 is 33.1 Å². The number of anilines is 1. The Hall–Kier alpha value is -3.30. The number of rotatable bonds is 1. The summed E-state index contributed by atoms with van der Waals surface area (Å²) < 4.78 is 20.8. The Kier molecular flexibility index (Phi) is 4.25. The van der Waals surface area contributed by atoms with Gasteiger partial charge in [-0.25, -0.2) is 14.1 Å². The second-order valence-electron chi connectivity index (χ2n) is 7.49. The van der Waals surface area contributed by atoms with Gasteiger partial charge in [-0.2, -0.15) is 4.90 Å². The number of ether oxygens (including phenoxy) is 1. The molecule has 28 heavy (non-hydrogen) atoms. The van der Waals surface area contributed by atoms with Gasteiger partial charge in [-0.3, -0.25) is 19.2 Å². The fourth-order valence-electron chi connectivity index (χ4n) is 3.11. The van der Waals surface area contributed by atoms with Crippen molar-refractivity contribution in [1.82, 2.24) is 9.80 Å². The van der Waals surface area contributed by atoms with Crippen LogP contribution in [-0.2, 0) is 14.3 Å². The molecule has 0 aromatic heterocycles. The third kappa shape index (κ3) is 2.81. The van der Waals surface area contributed by atoms with Crippen LogP contribution in [0.2, 0.25) is 0 Å². The highest BCUT2D eigenvalue weighted by atomic mass is 19.1. The van der Waals surface area contributed by atoms with Gasteiger partial charge in [-0.1, -0.05) is 6.07 Å². The Morgan fingerprint density at radius 1 is 1.18 bits per heavy atom. The van der Waals surface area contributed by atoms with E-state index in [9.17, 15) is 24.0 Å². The molecule has 1 unspecified atom stereocenters. The van der Waals surface area contributed by atoms with Gasteiger partial charge in [-0.05, 0) is 32.9 Å². The molecule has 1 fully saturated rings. The van der Waals surface area contributed by atoms with Gasteiger partial charge in [0, 0.05) is 18.5 Å². The number of hydrogen-bond acceptors (Lipinski definition) is 7. The summed E-state index contributed by atoms with van der Waals surface area (Å²) in [5.41, 5.74) is 4.23. The van der Waals surface area contributed by atoms with Crippen LogP contribution in [0.25, 0.3) is 0 Å². The number of hydrogen-bond donors (Lipinski definition) is 1. The maximum absolute atomic E-state index is 15.8. The maximum atomic E-state index is 15.8. The van der Waals surface area contributed by atoms with E-state index in [4.69, 9.17) is 10.5 Å². The third-order valence-corrected chi connectivity index (χ3v) is 4.33. The van der Waals surface area contributed by atoms with E-state index < -0.39 is 54.0 Å². The molecule has 1 atom stereocenters. The highest BCUT2D eigenvalue weighted by Crippen LogP contribution is 2.39. The molecule has 2 N–H and O–H groups in total. The third-order valence-electron chi connectivity index (χ3n) is 4.33.